The average molecular weight is 404 g/mol. The summed E-state index contributed by atoms with van der Waals surface area (Å²) >= 11 is 0. The zero-order chi connectivity index (χ0) is 14.8. The van der Waals surface area contributed by atoms with Gasteiger partial charge in [-0.05, 0) is 31.0 Å². The summed E-state index contributed by atoms with van der Waals surface area (Å²) in [4.78, 5) is 6.74. The number of rotatable bonds is 7. The topological polar surface area (TPSA) is 39.7 Å². The summed E-state index contributed by atoms with van der Waals surface area (Å²) in [5.41, 5.74) is 2.44. The lowest BCUT2D eigenvalue weighted by atomic mass is 10.2. The number of hydrogen-bond donors (Lipinski definition) is 2. The first kappa shape index (κ1) is 20.0. The van der Waals surface area contributed by atoms with Crippen molar-refractivity contribution < 1.29 is 0 Å². The predicted molar refractivity (Wildman–Crippen MR) is 104 cm³/mol. The van der Waals surface area contributed by atoms with Gasteiger partial charge in [0.1, 0.15) is 0 Å². The summed E-state index contributed by atoms with van der Waals surface area (Å²) in [5.74, 6) is 0.899. The van der Waals surface area contributed by atoms with Crippen molar-refractivity contribution in [3.05, 3.63) is 29.8 Å². The molecule has 1 aromatic carbocycles. The molecule has 0 aromatic heterocycles. The second-order valence-corrected chi connectivity index (χ2v) is 5.04. The fraction of sp³-hybridized carbons (Fsp3) is 0.562. The van der Waals surface area contributed by atoms with Gasteiger partial charge >= 0.3 is 0 Å². The number of nitrogens with one attached hydrogen (secondary N) is 2. The number of unbranched alkanes of at least 4 members (excludes halogenated alkanes) is 1. The Bertz CT molecular complexity index is 418. The summed E-state index contributed by atoms with van der Waals surface area (Å²) < 4.78 is 0. The number of guanidine groups is 1. The van der Waals surface area contributed by atoms with Crippen molar-refractivity contribution in [2.75, 3.05) is 32.1 Å². The van der Waals surface area contributed by atoms with Gasteiger partial charge in [0.25, 0.3) is 0 Å². The lowest BCUT2D eigenvalue weighted by Crippen LogP contribution is -2.37. The summed E-state index contributed by atoms with van der Waals surface area (Å²) in [6.45, 7) is 6.83. The molecule has 21 heavy (non-hydrogen) atoms. The molecule has 5 heteroatoms. The number of benzene rings is 1. The lowest BCUT2D eigenvalue weighted by Gasteiger charge is -2.14. The number of aliphatic imine (C=N–C) groups is 1. The van der Waals surface area contributed by atoms with E-state index in [1.807, 2.05) is 0 Å². The summed E-state index contributed by atoms with van der Waals surface area (Å²) in [5, 5.41) is 6.64. The number of anilines is 1. The SMILES string of the molecule is CCCCNC(=NCc1cccc(N(C)C)c1)NCC.I. The smallest absolute Gasteiger partial charge is 0.191 e. The number of halogens is 1. The van der Waals surface area contributed by atoms with Gasteiger partial charge < -0.3 is 15.5 Å². The molecule has 0 heterocycles. The molecule has 0 fully saturated rings. The van der Waals surface area contributed by atoms with Gasteiger partial charge in [0.2, 0.25) is 0 Å². The maximum atomic E-state index is 4.63. The molecule has 0 amide bonds. The van der Waals surface area contributed by atoms with Gasteiger partial charge in [-0.1, -0.05) is 25.5 Å². The van der Waals surface area contributed by atoms with Gasteiger partial charge in [-0.3, -0.25) is 0 Å². The fourth-order valence-corrected chi connectivity index (χ4v) is 1.83. The van der Waals surface area contributed by atoms with E-state index in [0.717, 1.165) is 19.0 Å². The molecule has 0 atom stereocenters. The average Bonchev–Trinajstić information content (AvgIpc) is 2.45. The van der Waals surface area contributed by atoms with Crippen LogP contribution in [0.2, 0.25) is 0 Å². The van der Waals surface area contributed by atoms with Crippen LogP contribution < -0.4 is 15.5 Å². The molecular formula is C16H29IN4. The van der Waals surface area contributed by atoms with Crippen LogP contribution in [0.5, 0.6) is 0 Å². The Kier molecular flexibility index (Phi) is 11.1. The highest BCUT2D eigenvalue weighted by Crippen LogP contribution is 2.13. The van der Waals surface area contributed by atoms with Crippen LogP contribution in [0, 0.1) is 0 Å². The molecule has 1 rings (SSSR count). The van der Waals surface area contributed by atoms with Crippen LogP contribution in [-0.4, -0.2) is 33.1 Å². The molecule has 0 radical (unpaired) electrons. The molecule has 2 N–H and O–H groups in total. The maximum absolute atomic E-state index is 4.63. The van der Waals surface area contributed by atoms with Gasteiger partial charge in [-0.2, -0.15) is 0 Å². The Hall–Kier alpha value is -0.980. The predicted octanol–water partition coefficient (Wildman–Crippen LogP) is 3.23. The van der Waals surface area contributed by atoms with Crippen LogP contribution in [0.1, 0.15) is 32.3 Å². The quantitative estimate of drug-likeness (QED) is 0.317. The zero-order valence-corrected chi connectivity index (χ0v) is 16.0. The van der Waals surface area contributed by atoms with Gasteiger partial charge in [0.15, 0.2) is 5.96 Å². The Morgan fingerprint density at radius 2 is 1.95 bits per heavy atom. The highest BCUT2D eigenvalue weighted by atomic mass is 127. The number of nitrogens with zero attached hydrogens (tertiary/aromatic N) is 2. The second kappa shape index (κ2) is 11.7. The third-order valence-corrected chi connectivity index (χ3v) is 3.01. The minimum absolute atomic E-state index is 0. The van der Waals surface area contributed by atoms with Gasteiger partial charge in [-0.15, -0.1) is 24.0 Å². The first-order chi connectivity index (χ1) is 9.67. The highest BCUT2D eigenvalue weighted by molar-refractivity contribution is 14.0. The van der Waals surface area contributed by atoms with E-state index in [0.29, 0.717) is 6.54 Å². The van der Waals surface area contributed by atoms with E-state index in [-0.39, 0.29) is 24.0 Å². The second-order valence-electron chi connectivity index (χ2n) is 5.04. The first-order valence-electron chi connectivity index (χ1n) is 7.45. The highest BCUT2D eigenvalue weighted by Gasteiger charge is 1.99. The molecule has 0 spiro atoms. The van der Waals surface area contributed by atoms with E-state index in [1.165, 1.54) is 24.1 Å². The molecule has 1 aromatic rings. The Labute approximate surface area is 146 Å². The maximum Gasteiger partial charge on any atom is 0.191 e. The largest absolute Gasteiger partial charge is 0.378 e. The molecule has 0 unspecified atom stereocenters. The van der Waals surface area contributed by atoms with Crippen LogP contribution >= 0.6 is 24.0 Å². The van der Waals surface area contributed by atoms with E-state index < -0.39 is 0 Å². The van der Waals surface area contributed by atoms with E-state index in [2.05, 4.69) is 72.7 Å². The van der Waals surface area contributed by atoms with Crippen molar-refractivity contribution in [3.8, 4) is 0 Å². The Morgan fingerprint density at radius 3 is 2.57 bits per heavy atom. The third kappa shape index (κ3) is 8.14. The van der Waals surface area contributed by atoms with Crippen LogP contribution in [0.3, 0.4) is 0 Å². The summed E-state index contributed by atoms with van der Waals surface area (Å²) in [6, 6.07) is 8.49. The molecule has 120 valence electrons. The normalized spacial score (nSPS) is 10.8. The third-order valence-electron chi connectivity index (χ3n) is 3.01. The zero-order valence-electron chi connectivity index (χ0n) is 13.6. The molecule has 0 saturated carbocycles. The first-order valence-corrected chi connectivity index (χ1v) is 7.45. The Balaban J connectivity index is 0.00000400. The van der Waals surface area contributed by atoms with Crippen LogP contribution in [-0.2, 0) is 6.54 Å². The molecule has 0 aliphatic carbocycles. The van der Waals surface area contributed by atoms with Crippen molar-refractivity contribution >= 4 is 35.6 Å². The van der Waals surface area contributed by atoms with Crippen LogP contribution in [0.4, 0.5) is 5.69 Å². The van der Waals surface area contributed by atoms with Crippen molar-refractivity contribution in [2.24, 2.45) is 4.99 Å². The van der Waals surface area contributed by atoms with Crippen molar-refractivity contribution in [1.29, 1.82) is 0 Å². The van der Waals surface area contributed by atoms with Crippen LogP contribution in [0.25, 0.3) is 0 Å². The number of hydrogen-bond acceptors (Lipinski definition) is 2. The molecule has 0 saturated heterocycles. The summed E-state index contributed by atoms with van der Waals surface area (Å²) in [6.07, 6.45) is 2.36. The fourth-order valence-electron chi connectivity index (χ4n) is 1.83. The molecule has 0 aliphatic rings. The molecular weight excluding hydrogens is 375 g/mol. The van der Waals surface area contributed by atoms with Gasteiger partial charge in [0, 0.05) is 32.9 Å². The minimum atomic E-state index is 0. The molecule has 4 nitrogen and oxygen atoms in total. The van der Waals surface area contributed by atoms with E-state index in [4.69, 9.17) is 0 Å². The minimum Gasteiger partial charge on any atom is -0.378 e. The van der Waals surface area contributed by atoms with E-state index in [9.17, 15) is 0 Å². The van der Waals surface area contributed by atoms with E-state index in [1.54, 1.807) is 0 Å². The van der Waals surface area contributed by atoms with Crippen molar-refractivity contribution in [2.45, 2.75) is 33.2 Å². The monoisotopic (exact) mass is 404 g/mol. The summed E-state index contributed by atoms with van der Waals surface area (Å²) in [7, 11) is 4.11. The van der Waals surface area contributed by atoms with Crippen molar-refractivity contribution in [3.63, 3.8) is 0 Å². The lowest BCUT2D eigenvalue weighted by molar-refractivity contribution is 0.730. The van der Waals surface area contributed by atoms with Crippen LogP contribution in [0.15, 0.2) is 29.3 Å². The standard InChI is InChI=1S/C16H28N4.HI/c1-5-7-11-18-16(17-6-2)19-13-14-9-8-10-15(12-14)20(3)4;/h8-10,12H,5-7,11,13H2,1-4H3,(H2,17,18,19);1H. The van der Waals surface area contributed by atoms with Crippen molar-refractivity contribution in [1.82, 2.24) is 10.6 Å². The Morgan fingerprint density at radius 1 is 1.19 bits per heavy atom. The molecule has 0 aliphatic heterocycles. The van der Waals surface area contributed by atoms with Gasteiger partial charge in [0.05, 0.1) is 6.54 Å². The van der Waals surface area contributed by atoms with Gasteiger partial charge in [-0.25, -0.2) is 4.99 Å². The van der Waals surface area contributed by atoms with E-state index >= 15 is 0 Å². The molecule has 0 bridgehead atoms.